The molecule has 4 unspecified atom stereocenters. The molecule has 0 amide bonds. The van der Waals surface area contributed by atoms with Gasteiger partial charge in [-0.2, -0.15) is 0 Å². The number of nitrogens with zero attached hydrogens (tertiary/aromatic N) is 2. The average Bonchev–Trinajstić information content (AvgIpc) is 2.63. The fourth-order valence-electron chi connectivity index (χ4n) is 4.83. The Morgan fingerprint density at radius 2 is 1.85 bits per heavy atom. The van der Waals surface area contributed by atoms with E-state index < -0.39 is 0 Å². The third-order valence-electron chi connectivity index (χ3n) is 6.37. The first-order valence-corrected chi connectivity index (χ1v) is 8.60. The molecule has 0 aromatic carbocycles. The summed E-state index contributed by atoms with van der Waals surface area (Å²) in [5.74, 6) is 0.487. The summed E-state index contributed by atoms with van der Waals surface area (Å²) >= 11 is 0. The molecule has 3 heteroatoms. The standard InChI is InChI=1S/C17H32N2O/c1-17(2)9-4-5-13(16(17)20)11-19-10-8-14-6-7-15(12-19)18(14)3/h13-16,20H,4-12H2,1-3H3. The molecule has 0 aromatic rings. The molecule has 0 spiro atoms. The average molecular weight is 280 g/mol. The van der Waals surface area contributed by atoms with Crippen molar-refractivity contribution < 1.29 is 5.11 Å². The predicted octanol–water partition coefficient (Wildman–Crippen LogP) is 2.34. The largest absolute Gasteiger partial charge is 0.392 e. The summed E-state index contributed by atoms with van der Waals surface area (Å²) in [5.41, 5.74) is 0.116. The number of aliphatic hydroxyl groups excluding tert-OH is 1. The highest BCUT2D eigenvalue weighted by Gasteiger charge is 2.40. The number of hydrogen-bond donors (Lipinski definition) is 1. The number of likely N-dealkylation sites (N-methyl/N-ethyl adjacent to an activating group) is 1. The van der Waals surface area contributed by atoms with Gasteiger partial charge < -0.3 is 10.0 Å². The molecule has 1 aliphatic carbocycles. The maximum atomic E-state index is 10.6. The molecular formula is C17H32N2O. The predicted molar refractivity (Wildman–Crippen MR) is 82.8 cm³/mol. The van der Waals surface area contributed by atoms with Gasteiger partial charge in [0.25, 0.3) is 0 Å². The Kier molecular flexibility index (Phi) is 4.13. The number of fused-ring (bicyclic) bond motifs is 2. The van der Waals surface area contributed by atoms with Gasteiger partial charge in [0.2, 0.25) is 0 Å². The van der Waals surface area contributed by atoms with Crippen LogP contribution in [0.2, 0.25) is 0 Å². The van der Waals surface area contributed by atoms with Crippen molar-refractivity contribution in [3.8, 4) is 0 Å². The summed E-state index contributed by atoms with van der Waals surface area (Å²) in [6.07, 6.45) is 7.65. The lowest BCUT2D eigenvalue weighted by molar-refractivity contribution is -0.0434. The minimum atomic E-state index is -0.116. The molecule has 0 radical (unpaired) electrons. The first kappa shape index (κ1) is 14.8. The molecule has 2 saturated heterocycles. The molecule has 4 atom stereocenters. The molecule has 3 aliphatic rings. The van der Waals surface area contributed by atoms with E-state index in [1.54, 1.807) is 0 Å². The van der Waals surface area contributed by atoms with Crippen molar-refractivity contribution in [3.05, 3.63) is 0 Å². The zero-order chi connectivity index (χ0) is 14.3. The molecule has 1 saturated carbocycles. The summed E-state index contributed by atoms with van der Waals surface area (Å²) in [6, 6.07) is 1.58. The first-order chi connectivity index (χ1) is 9.47. The Labute approximate surface area is 124 Å². The Morgan fingerprint density at radius 1 is 1.10 bits per heavy atom. The number of aliphatic hydroxyl groups is 1. The molecule has 3 nitrogen and oxygen atoms in total. The molecule has 116 valence electrons. The van der Waals surface area contributed by atoms with E-state index in [0.29, 0.717) is 5.92 Å². The van der Waals surface area contributed by atoms with E-state index in [1.807, 2.05) is 0 Å². The molecule has 3 rings (SSSR count). The lowest BCUT2D eigenvalue weighted by Gasteiger charge is -2.42. The molecule has 2 aliphatic heterocycles. The van der Waals surface area contributed by atoms with Gasteiger partial charge in [0.15, 0.2) is 0 Å². The van der Waals surface area contributed by atoms with Crippen LogP contribution in [-0.2, 0) is 0 Å². The van der Waals surface area contributed by atoms with Crippen LogP contribution < -0.4 is 0 Å². The summed E-state index contributed by atoms with van der Waals surface area (Å²) in [4.78, 5) is 5.26. The highest BCUT2D eigenvalue weighted by molar-refractivity contribution is 4.94. The Hall–Kier alpha value is -0.120. The van der Waals surface area contributed by atoms with Crippen LogP contribution in [0.3, 0.4) is 0 Å². The van der Waals surface area contributed by atoms with Gasteiger partial charge in [0.05, 0.1) is 6.10 Å². The number of likely N-dealkylation sites (tertiary alicyclic amines) is 1. The fraction of sp³-hybridized carbons (Fsp3) is 1.00. The van der Waals surface area contributed by atoms with E-state index in [0.717, 1.165) is 18.6 Å². The van der Waals surface area contributed by atoms with Crippen LogP contribution in [0.15, 0.2) is 0 Å². The summed E-state index contributed by atoms with van der Waals surface area (Å²) in [7, 11) is 2.31. The van der Waals surface area contributed by atoms with Gasteiger partial charge in [-0.3, -0.25) is 4.90 Å². The van der Waals surface area contributed by atoms with Gasteiger partial charge in [0, 0.05) is 25.2 Å². The fourth-order valence-corrected chi connectivity index (χ4v) is 4.83. The Morgan fingerprint density at radius 3 is 2.65 bits per heavy atom. The quantitative estimate of drug-likeness (QED) is 0.841. The van der Waals surface area contributed by atoms with Gasteiger partial charge in [0.1, 0.15) is 0 Å². The maximum Gasteiger partial charge on any atom is 0.0631 e. The van der Waals surface area contributed by atoms with Crippen molar-refractivity contribution in [2.45, 2.75) is 70.6 Å². The van der Waals surface area contributed by atoms with Crippen molar-refractivity contribution in [1.29, 1.82) is 0 Å². The molecule has 3 fully saturated rings. The van der Waals surface area contributed by atoms with E-state index in [4.69, 9.17) is 0 Å². The summed E-state index contributed by atoms with van der Waals surface area (Å²) in [5, 5.41) is 10.6. The molecular weight excluding hydrogens is 248 g/mol. The summed E-state index contributed by atoms with van der Waals surface area (Å²) in [6.45, 7) is 8.04. The van der Waals surface area contributed by atoms with E-state index in [1.165, 1.54) is 51.6 Å². The van der Waals surface area contributed by atoms with E-state index in [9.17, 15) is 5.11 Å². The second kappa shape index (κ2) is 5.58. The molecule has 0 aromatic heterocycles. The highest BCUT2D eigenvalue weighted by Crippen LogP contribution is 2.39. The van der Waals surface area contributed by atoms with Crippen molar-refractivity contribution in [1.82, 2.24) is 9.80 Å². The van der Waals surface area contributed by atoms with E-state index in [-0.39, 0.29) is 11.5 Å². The molecule has 20 heavy (non-hydrogen) atoms. The molecule has 1 N–H and O–H groups in total. The maximum absolute atomic E-state index is 10.6. The van der Waals surface area contributed by atoms with Gasteiger partial charge >= 0.3 is 0 Å². The van der Waals surface area contributed by atoms with Crippen LogP contribution in [0.4, 0.5) is 0 Å². The highest BCUT2D eigenvalue weighted by atomic mass is 16.3. The normalized spacial score (nSPS) is 42.6. The zero-order valence-corrected chi connectivity index (χ0v) is 13.5. The topological polar surface area (TPSA) is 26.7 Å². The third-order valence-corrected chi connectivity index (χ3v) is 6.37. The number of rotatable bonds is 2. The van der Waals surface area contributed by atoms with Gasteiger partial charge in [-0.1, -0.05) is 20.3 Å². The minimum Gasteiger partial charge on any atom is -0.392 e. The number of hydrogen-bond acceptors (Lipinski definition) is 3. The van der Waals surface area contributed by atoms with Crippen molar-refractivity contribution in [3.63, 3.8) is 0 Å². The first-order valence-electron chi connectivity index (χ1n) is 8.60. The summed E-state index contributed by atoms with van der Waals surface area (Å²) < 4.78 is 0. The van der Waals surface area contributed by atoms with Crippen LogP contribution in [0.25, 0.3) is 0 Å². The Bertz CT molecular complexity index is 344. The molecule has 2 bridgehead atoms. The van der Waals surface area contributed by atoms with Crippen LogP contribution in [0.5, 0.6) is 0 Å². The van der Waals surface area contributed by atoms with Crippen molar-refractivity contribution in [2.75, 3.05) is 26.7 Å². The lowest BCUT2D eigenvalue weighted by atomic mass is 9.69. The van der Waals surface area contributed by atoms with Crippen LogP contribution >= 0.6 is 0 Å². The van der Waals surface area contributed by atoms with Gasteiger partial charge in [-0.15, -0.1) is 0 Å². The minimum absolute atomic E-state index is 0.116. The smallest absolute Gasteiger partial charge is 0.0631 e. The zero-order valence-electron chi connectivity index (χ0n) is 13.5. The second-order valence-electron chi connectivity index (χ2n) is 8.18. The monoisotopic (exact) mass is 280 g/mol. The third kappa shape index (κ3) is 2.77. The van der Waals surface area contributed by atoms with Gasteiger partial charge in [-0.25, -0.2) is 0 Å². The van der Waals surface area contributed by atoms with Gasteiger partial charge in [-0.05, 0) is 57.0 Å². The lowest BCUT2D eigenvalue weighted by Crippen LogP contribution is -2.46. The second-order valence-corrected chi connectivity index (χ2v) is 8.18. The SMILES string of the molecule is CN1C2CCC1CN(CC1CCCC(C)(C)C1O)CC2. The van der Waals surface area contributed by atoms with Crippen LogP contribution in [0.1, 0.15) is 52.4 Å². The van der Waals surface area contributed by atoms with E-state index >= 15 is 0 Å². The van der Waals surface area contributed by atoms with Crippen LogP contribution in [-0.4, -0.2) is 59.8 Å². The Balaban J connectivity index is 1.60. The molecule has 2 heterocycles. The van der Waals surface area contributed by atoms with Crippen molar-refractivity contribution >= 4 is 0 Å². The van der Waals surface area contributed by atoms with E-state index in [2.05, 4.69) is 30.7 Å². The van der Waals surface area contributed by atoms with Crippen molar-refractivity contribution in [2.24, 2.45) is 11.3 Å². The van der Waals surface area contributed by atoms with Crippen LogP contribution in [0, 0.1) is 11.3 Å².